The molecular formula is C30H33N3O8S. The molecule has 42 heavy (non-hydrogen) atoms. The van der Waals surface area contributed by atoms with Gasteiger partial charge in [-0.3, -0.25) is 19.5 Å². The van der Waals surface area contributed by atoms with Crippen LogP contribution >= 0.6 is 11.3 Å². The number of non-ortho nitro benzene ring substituents is 1. The van der Waals surface area contributed by atoms with E-state index in [1.807, 2.05) is 0 Å². The molecule has 2 heterocycles. The van der Waals surface area contributed by atoms with Gasteiger partial charge in [0.1, 0.15) is 6.61 Å². The van der Waals surface area contributed by atoms with Gasteiger partial charge in [0, 0.05) is 19.2 Å². The molecule has 1 atom stereocenters. The van der Waals surface area contributed by atoms with Crippen molar-refractivity contribution in [3.05, 3.63) is 94.7 Å². The van der Waals surface area contributed by atoms with E-state index < -0.39 is 16.9 Å². The predicted octanol–water partition coefficient (Wildman–Crippen LogP) is 3.77. The number of benzene rings is 2. The van der Waals surface area contributed by atoms with Crippen LogP contribution in [0.25, 0.3) is 6.08 Å². The highest BCUT2D eigenvalue weighted by atomic mass is 32.1. The van der Waals surface area contributed by atoms with Crippen molar-refractivity contribution in [1.29, 1.82) is 0 Å². The number of rotatable bonds is 12. The minimum absolute atomic E-state index is 0.0371. The predicted molar refractivity (Wildman–Crippen MR) is 158 cm³/mol. The first-order chi connectivity index (χ1) is 20.1. The second-order valence-corrected chi connectivity index (χ2v) is 11.0. The van der Waals surface area contributed by atoms with E-state index in [0.717, 1.165) is 17.8 Å². The summed E-state index contributed by atoms with van der Waals surface area (Å²) in [5.74, 6) is 0.879. The Kier molecular flexibility index (Phi) is 9.92. The summed E-state index contributed by atoms with van der Waals surface area (Å²) in [4.78, 5) is 42.8. The molecule has 3 aromatic rings. The maximum atomic E-state index is 13.9. The van der Waals surface area contributed by atoms with Crippen LogP contribution in [-0.2, 0) is 14.3 Å². The van der Waals surface area contributed by atoms with Crippen molar-refractivity contribution in [2.75, 3.05) is 34.0 Å². The molecule has 0 fully saturated rings. The van der Waals surface area contributed by atoms with E-state index in [0.29, 0.717) is 50.2 Å². The lowest BCUT2D eigenvalue weighted by atomic mass is 9.95. The number of nitrogens with zero attached hydrogens (tertiary/aromatic N) is 3. The van der Waals surface area contributed by atoms with Crippen molar-refractivity contribution in [3.8, 4) is 11.5 Å². The minimum Gasteiger partial charge on any atom is -0.493 e. The van der Waals surface area contributed by atoms with Crippen LogP contribution in [0.3, 0.4) is 0 Å². The highest BCUT2D eigenvalue weighted by Gasteiger charge is 2.34. The Morgan fingerprint density at radius 3 is 2.50 bits per heavy atom. The van der Waals surface area contributed by atoms with Gasteiger partial charge in [-0.25, -0.2) is 9.79 Å². The van der Waals surface area contributed by atoms with Crippen molar-refractivity contribution in [1.82, 2.24) is 4.57 Å². The number of nitro groups is 1. The smallest absolute Gasteiger partial charge is 0.338 e. The number of carbonyl (C=O) groups excluding carboxylic acids is 1. The number of hydrogen-bond acceptors (Lipinski definition) is 10. The van der Waals surface area contributed by atoms with Gasteiger partial charge in [-0.2, -0.15) is 0 Å². The topological polar surface area (TPSA) is 131 Å². The van der Waals surface area contributed by atoms with Crippen molar-refractivity contribution in [2.24, 2.45) is 10.9 Å². The first kappa shape index (κ1) is 30.7. The van der Waals surface area contributed by atoms with Crippen LogP contribution in [0.15, 0.2) is 63.5 Å². The average molecular weight is 596 g/mol. The van der Waals surface area contributed by atoms with Crippen LogP contribution in [0.1, 0.15) is 44.4 Å². The molecule has 0 aliphatic carbocycles. The average Bonchev–Trinajstić information content (AvgIpc) is 3.26. The number of esters is 1. The lowest BCUT2D eigenvalue weighted by Gasteiger charge is -2.25. The van der Waals surface area contributed by atoms with Crippen LogP contribution in [0, 0.1) is 16.0 Å². The Hall–Kier alpha value is -4.29. The number of thiazole rings is 1. The summed E-state index contributed by atoms with van der Waals surface area (Å²) in [5, 5.41) is 11.0. The SMILES string of the molecule is COCCOC(=O)C1=C(C)N=c2sc(=Cc3ccc([N+](=O)[O-])cc3)c(=O)n2C1c1ccc(OCCC(C)C)c(OC)c1. The lowest BCUT2D eigenvalue weighted by Crippen LogP contribution is -2.40. The zero-order valence-electron chi connectivity index (χ0n) is 24.1. The molecule has 4 rings (SSSR count). The molecule has 1 aromatic heterocycles. The number of fused-ring (bicyclic) bond motifs is 1. The fraction of sp³-hybridized carbons (Fsp3) is 0.367. The summed E-state index contributed by atoms with van der Waals surface area (Å²) in [7, 11) is 3.04. The largest absolute Gasteiger partial charge is 0.493 e. The summed E-state index contributed by atoms with van der Waals surface area (Å²) in [6.45, 7) is 6.70. The van der Waals surface area contributed by atoms with Gasteiger partial charge >= 0.3 is 5.97 Å². The maximum Gasteiger partial charge on any atom is 0.338 e. The van der Waals surface area contributed by atoms with Gasteiger partial charge < -0.3 is 18.9 Å². The quantitative estimate of drug-likeness (QED) is 0.134. The van der Waals surface area contributed by atoms with E-state index in [4.69, 9.17) is 18.9 Å². The Morgan fingerprint density at radius 1 is 1.12 bits per heavy atom. The molecule has 0 saturated carbocycles. The summed E-state index contributed by atoms with van der Waals surface area (Å²) in [6, 6.07) is 10.4. The van der Waals surface area contributed by atoms with Crippen molar-refractivity contribution in [3.63, 3.8) is 0 Å². The minimum atomic E-state index is -0.853. The third-order valence-corrected chi connectivity index (χ3v) is 7.60. The molecule has 1 aliphatic heterocycles. The standard InChI is InChI=1S/C30H33N3O8S/c1-18(2)12-13-40-23-11-8-21(17-24(23)39-5)27-26(29(35)41-15-14-38-4)19(3)31-30-32(27)28(34)25(42-30)16-20-6-9-22(10-7-20)33(36)37/h6-11,16-18,27H,12-15H2,1-5H3. The number of methoxy groups -OCH3 is 2. The van der Waals surface area contributed by atoms with Gasteiger partial charge in [0.2, 0.25) is 0 Å². The highest BCUT2D eigenvalue weighted by Crippen LogP contribution is 2.36. The molecular weight excluding hydrogens is 562 g/mol. The number of hydrogen-bond donors (Lipinski definition) is 0. The van der Waals surface area contributed by atoms with Gasteiger partial charge in [-0.05, 0) is 60.7 Å². The van der Waals surface area contributed by atoms with Crippen LogP contribution in [0.5, 0.6) is 11.5 Å². The van der Waals surface area contributed by atoms with Crippen molar-refractivity contribution < 1.29 is 28.7 Å². The fourth-order valence-electron chi connectivity index (χ4n) is 4.42. The molecule has 0 bridgehead atoms. The normalized spacial score (nSPS) is 14.9. The van der Waals surface area contributed by atoms with E-state index in [2.05, 4.69) is 18.8 Å². The van der Waals surface area contributed by atoms with Crippen LogP contribution in [-0.4, -0.2) is 49.5 Å². The molecule has 222 valence electrons. The summed E-state index contributed by atoms with van der Waals surface area (Å²) < 4.78 is 23.9. The lowest BCUT2D eigenvalue weighted by molar-refractivity contribution is -0.384. The van der Waals surface area contributed by atoms with E-state index in [9.17, 15) is 19.7 Å². The second-order valence-electron chi connectivity index (χ2n) is 10.0. The molecule has 0 amide bonds. The molecule has 1 aliphatic rings. The number of aromatic nitrogens is 1. The molecule has 0 radical (unpaired) electrons. The number of allylic oxidation sites excluding steroid dienone is 1. The Balaban J connectivity index is 1.83. The molecule has 2 aromatic carbocycles. The second kappa shape index (κ2) is 13.6. The summed E-state index contributed by atoms with van der Waals surface area (Å²) in [6.07, 6.45) is 2.52. The number of ether oxygens (including phenoxy) is 4. The highest BCUT2D eigenvalue weighted by molar-refractivity contribution is 7.07. The molecule has 11 nitrogen and oxygen atoms in total. The van der Waals surface area contributed by atoms with Crippen LogP contribution < -0.4 is 24.4 Å². The summed E-state index contributed by atoms with van der Waals surface area (Å²) >= 11 is 1.16. The zero-order chi connectivity index (χ0) is 30.4. The molecule has 1 unspecified atom stereocenters. The van der Waals surface area contributed by atoms with Crippen molar-refractivity contribution >= 4 is 29.1 Å². The molecule has 12 heteroatoms. The Bertz CT molecular complexity index is 1670. The molecule has 0 N–H and O–H groups in total. The third-order valence-electron chi connectivity index (χ3n) is 6.62. The number of carbonyl (C=O) groups is 1. The zero-order valence-corrected chi connectivity index (χ0v) is 24.9. The van der Waals surface area contributed by atoms with Gasteiger partial charge in [-0.15, -0.1) is 0 Å². The van der Waals surface area contributed by atoms with Gasteiger partial charge in [0.15, 0.2) is 16.3 Å². The fourth-order valence-corrected chi connectivity index (χ4v) is 5.46. The Morgan fingerprint density at radius 2 is 1.86 bits per heavy atom. The third kappa shape index (κ3) is 6.77. The van der Waals surface area contributed by atoms with Crippen LogP contribution in [0.4, 0.5) is 5.69 Å². The first-order valence-electron chi connectivity index (χ1n) is 13.4. The maximum absolute atomic E-state index is 13.9. The van der Waals surface area contributed by atoms with E-state index in [-0.39, 0.29) is 30.0 Å². The van der Waals surface area contributed by atoms with Crippen LogP contribution in [0.2, 0.25) is 0 Å². The monoisotopic (exact) mass is 595 g/mol. The van der Waals surface area contributed by atoms with Gasteiger partial charge in [0.25, 0.3) is 11.2 Å². The van der Waals surface area contributed by atoms with E-state index in [1.54, 1.807) is 43.3 Å². The molecule has 0 saturated heterocycles. The summed E-state index contributed by atoms with van der Waals surface area (Å²) in [5.41, 5.74) is 1.44. The van der Waals surface area contributed by atoms with Gasteiger partial charge in [-0.1, -0.05) is 31.3 Å². The molecule has 0 spiro atoms. The van der Waals surface area contributed by atoms with Gasteiger partial charge in [0.05, 0.1) is 47.1 Å². The van der Waals surface area contributed by atoms with E-state index >= 15 is 0 Å². The number of nitro benzene ring substituents is 1. The van der Waals surface area contributed by atoms with E-state index in [1.165, 1.54) is 30.9 Å². The van der Waals surface area contributed by atoms with Crippen molar-refractivity contribution in [2.45, 2.75) is 33.2 Å². The first-order valence-corrected chi connectivity index (χ1v) is 14.2. The Labute approximate surface area is 246 Å².